The number of methoxy groups -OCH3 is 1. The number of carbonyl (C=O) groups excluding carboxylic acids is 3. The van der Waals surface area contributed by atoms with Gasteiger partial charge in [-0.3, -0.25) is 9.59 Å². The van der Waals surface area contributed by atoms with Gasteiger partial charge in [-0.25, -0.2) is 10.2 Å². The molecule has 8 nitrogen and oxygen atoms in total. The van der Waals surface area contributed by atoms with Gasteiger partial charge in [-0.05, 0) is 42.5 Å². The monoisotopic (exact) mass is 529 g/mol. The Hall–Kier alpha value is -3.69. The fourth-order valence-corrected chi connectivity index (χ4v) is 3.22. The van der Waals surface area contributed by atoms with E-state index < -0.39 is 17.8 Å². The molecule has 0 heterocycles. The first-order valence-corrected chi connectivity index (χ1v) is 10.6. The number of hydrogen-bond donors (Lipinski definition) is 2. The topological polar surface area (TPSA) is 106 Å². The number of benzene rings is 3. The molecular weight excluding hydrogens is 514 g/mol. The van der Waals surface area contributed by atoms with Crippen LogP contribution in [0.4, 0.5) is 5.69 Å². The quantitative estimate of drug-likeness (QED) is 0.161. The van der Waals surface area contributed by atoms with E-state index in [4.69, 9.17) is 21.1 Å². The molecule has 168 valence electrons. The van der Waals surface area contributed by atoms with Crippen LogP contribution in [0.25, 0.3) is 0 Å². The molecular formula is C23H17BrClN3O5. The van der Waals surface area contributed by atoms with Gasteiger partial charge in [0.2, 0.25) is 0 Å². The number of nitrogens with zero attached hydrogens (tertiary/aromatic N) is 1. The lowest BCUT2D eigenvalue weighted by Crippen LogP contribution is -2.32. The van der Waals surface area contributed by atoms with Crippen LogP contribution in [0, 0.1) is 0 Å². The minimum atomic E-state index is -0.998. The maximum atomic E-state index is 12.5. The zero-order valence-corrected chi connectivity index (χ0v) is 19.5. The summed E-state index contributed by atoms with van der Waals surface area (Å²) in [5.74, 6) is -2.00. The minimum Gasteiger partial charge on any atom is -0.495 e. The molecule has 2 amide bonds. The third-order valence-corrected chi connectivity index (χ3v) is 5.02. The maximum Gasteiger partial charge on any atom is 0.345 e. The van der Waals surface area contributed by atoms with Crippen LogP contribution in [0.1, 0.15) is 15.9 Å². The highest BCUT2D eigenvalue weighted by Crippen LogP contribution is 2.25. The van der Waals surface area contributed by atoms with Crippen molar-refractivity contribution in [3.8, 4) is 11.5 Å². The lowest BCUT2D eigenvalue weighted by molar-refractivity contribution is -0.136. The van der Waals surface area contributed by atoms with E-state index in [0.29, 0.717) is 21.5 Å². The van der Waals surface area contributed by atoms with Crippen LogP contribution in [0.3, 0.4) is 0 Å². The van der Waals surface area contributed by atoms with Gasteiger partial charge in [-0.1, -0.05) is 51.8 Å². The molecule has 0 saturated carbocycles. The zero-order chi connectivity index (χ0) is 23.8. The fourth-order valence-electron chi connectivity index (χ4n) is 2.63. The number of rotatable bonds is 6. The summed E-state index contributed by atoms with van der Waals surface area (Å²) in [4.78, 5) is 36.7. The van der Waals surface area contributed by atoms with E-state index in [0.717, 1.165) is 0 Å². The van der Waals surface area contributed by atoms with Gasteiger partial charge in [0.15, 0.2) is 0 Å². The third kappa shape index (κ3) is 6.41. The zero-order valence-electron chi connectivity index (χ0n) is 17.2. The second-order valence-corrected chi connectivity index (χ2v) is 7.73. The molecule has 3 rings (SSSR count). The molecule has 0 aliphatic heterocycles. The van der Waals surface area contributed by atoms with Crippen LogP contribution < -0.4 is 20.2 Å². The number of nitrogens with one attached hydrogen (secondary N) is 2. The number of halogens is 2. The molecule has 0 aliphatic carbocycles. The van der Waals surface area contributed by atoms with Crippen LogP contribution in [-0.4, -0.2) is 31.1 Å². The average Bonchev–Trinajstić information content (AvgIpc) is 2.81. The fraction of sp³-hybridized carbons (Fsp3) is 0.0435. The summed E-state index contributed by atoms with van der Waals surface area (Å²) in [5.41, 5.74) is 3.04. The van der Waals surface area contributed by atoms with Crippen molar-refractivity contribution < 1.29 is 23.9 Å². The summed E-state index contributed by atoms with van der Waals surface area (Å²) in [5, 5.41) is 6.48. The Bertz CT molecular complexity index is 1230. The van der Waals surface area contributed by atoms with E-state index in [1.807, 2.05) is 0 Å². The van der Waals surface area contributed by atoms with Crippen LogP contribution in [0.5, 0.6) is 11.5 Å². The summed E-state index contributed by atoms with van der Waals surface area (Å²) in [6, 6.07) is 18.0. The van der Waals surface area contributed by atoms with Gasteiger partial charge in [0.05, 0.1) is 29.6 Å². The van der Waals surface area contributed by atoms with E-state index in [-0.39, 0.29) is 16.3 Å². The number of amides is 2. The lowest BCUT2D eigenvalue weighted by Gasteiger charge is -2.09. The van der Waals surface area contributed by atoms with Crippen molar-refractivity contribution in [1.29, 1.82) is 0 Å². The number of para-hydroxylation sites is 2. The van der Waals surface area contributed by atoms with Crippen molar-refractivity contribution >= 4 is 57.2 Å². The summed E-state index contributed by atoms with van der Waals surface area (Å²) >= 11 is 9.37. The summed E-state index contributed by atoms with van der Waals surface area (Å²) in [6.45, 7) is 0. The van der Waals surface area contributed by atoms with Gasteiger partial charge in [0.1, 0.15) is 11.5 Å². The molecule has 10 heteroatoms. The van der Waals surface area contributed by atoms with Gasteiger partial charge in [-0.15, -0.1) is 0 Å². The SMILES string of the molecule is COc1ccccc1NC(=O)C(=O)N/N=C/c1cc(Br)ccc1OC(=O)c1ccccc1Cl. The van der Waals surface area contributed by atoms with Gasteiger partial charge < -0.3 is 14.8 Å². The van der Waals surface area contributed by atoms with Crippen molar-refractivity contribution in [2.75, 3.05) is 12.4 Å². The number of carbonyl (C=O) groups is 3. The summed E-state index contributed by atoms with van der Waals surface area (Å²) in [7, 11) is 1.45. The molecule has 33 heavy (non-hydrogen) atoms. The summed E-state index contributed by atoms with van der Waals surface area (Å²) in [6.07, 6.45) is 1.24. The molecule has 0 atom stereocenters. The van der Waals surface area contributed by atoms with Gasteiger partial charge in [0.25, 0.3) is 0 Å². The Balaban J connectivity index is 1.68. The van der Waals surface area contributed by atoms with Crippen molar-refractivity contribution in [3.63, 3.8) is 0 Å². The number of hydrogen-bond acceptors (Lipinski definition) is 6. The van der Waals surface area contributed by atoms with Crippen LogP contribution in [-0.2, 0) is 9.59 Å². The molecule has 0 aliphatic rings. The number of esters is 1. The van der Waals surface area contributed by atoms with E-state index >= 15 is 0 Å². The second kappa shape index (κ2) is 11.3. The number of anilines is 1. The molecule has 3 aromatic rings. The van der Waals surface area contributed by atoms with E-state index in [1.54, 1.807) is 60.7 Å². The van der Waals surface area contributed by atoms with Gasteiger partial charge in [0, 0.05) is 10.0 Å². The minimum absolute atomic E-state index is 0.180. The van der Waals surface area contributed by atoms with Gasteiger partial charge >= 0.3 is 17.8 Å². The third-order valence-electron chi connectivity index (χ3n) is 4.20. The Morgan fingerprint density at radius 1 is 0.970 bits per heavy atom. The molecule has 0 fully saturated rings. The molecule has 0 aromatic heterocycles. The molecule has 2 N–H and O–H groups in total. The summed E-state index contributed by atoms with van der Waals surface area (Å²) < 4.78 is 11.2. The van der Waals surface area contributed by atoms with E-state index in [9.17, 15) is 14.4 Å². The molecule has 0 unspecified atom stereocenters. The predicted octanol–water partition coefficient (Wildman–Crippen LogP) is 4.42. The average molecular weight is 531 g/mol. The molecule has 0 saturated heterocycles. The van der Waals surface area contributed by atoms with Crippen LogP contribution >= 0.6 is 27.5 Å². The van der Waals surface area contributed by atoms with Crippen molar-refractivity contribution in [2.24, 2.45) is 5.10 Å². The highest BCUT2D eigenvalue weighted by molar-refractivity contribution is 9.10. The van der Waals surface area contributed by atoms with Crippen molar-refractivity contribution in [3.05, 3.63) is 87.4 Å². The molecule has 0 bridgehead atoms. The van der Waals surface area contributed by atoms with Crippen molar-refractivity contribution in [2.45, 2.75) is 0 Å². The first-order chi connectivity index (χ1) is 15.9. The Kier molecular flexibility index (Phi) is 8.17. The lowest BCUT2D eigenvalue weighted by atomic mass is 10.2. The Morgan fingerprint density at radius 3 is 2.45 bits per heavy atom. The standard InChI is InChI=1S/C23H17BrClN3O5/c1-32-20-9-5-4-8-18(20)27-21(29)22(30)28-26-13-14-12-15(24)10-11-19(14)33-23(31)16-6-2-3-7-17(16)25/h2-13H,1H3,(H,27,29)(H,28,30)/b26-13+. The Labute approximate surface area is 202 Å². The van der Waals surface area contributed by atoms with Gasteiger partial charge in [-0.2, -0.15) is 5.10 Å². The molecule has 3 aromatic carbocycles. The normalized spacial score (nSPS) is 10.5. The molecule has 0 spiro atoms. The Morgan fingerprint density at radius 2 is 1.70 bits per heavy atom. The predicted molar refractivity (Wildman–Crippen MR) is 128 cm³/mol. The second-order valence-electron chi connectivity index (χ2n) is 6.41. The van der Waals surface area contributed by atoms with Crippen LogP contribution in [0.15, 0.2) is 76.3 Å². The number of hydrazone groups is 1. The van der Waals surface area contributed by atoms with Crippen molar-refractivity contribution in [1.82, 2.24) is 5.43 Å². The first-order valence-electron chi connectivity index (χ1n) is 9.42. The number of ether oxygens (including phenoxy) is 2. The maximum absolute atomic E-state index is 12.5. The highest BCUT2D eigenvalue weighted by atomic mass is 79.9. The van der Waals surface area contributed by atoms with E-state index in [2.05, 4.69) is 31.8 Å². The molecule has 0 radical (unpaired) electrons. The smallest absolute Gasteiger partial charge is 0.345 e. The highest BCUT2D eigenvalue weighted by Gasteiger charge is 2.16. The van der Waals surface area contributed by atoms with E-state index in [1.165, 1.54) is 19.4 Å². The largest absolute Gasteiger partial charge is 0.495 e. The first kappa shape index (κ1) is 24.0. The van der Waals surface area contributed by atoms with Crippen LogP contribution in [0.2, 0.25) is 5.02 Å².